The number of nitrogens with one attached hydrogen (secondary N) is 1. The molecule has 0 aromatic heterocycles. The minimum atomic E-state index is 0.000448. The van der Waals surface area contributed by atoms with Crippen molar-refractivity contribution in [1.29, 1.82) is 0 Å². The predicted octanol–water partition coefficient (Wildman–Crippen LogP) is 3.38. The van der Waals surface area contributed by atoms with Gasteiger partial charge in [-0.05, 0) is 27.6 Å². The number of carbonyl (C=O) groups excluding carboxylic acids is 2. The highest BCUT2D eigenvalue weighted by Gasteiger charge is 2.36. The van der Waals surface area contributed by atoms with Crippen LogP contribution in [0.5, 0.6) is 0 Å². The van der Waals surface area contributed by atoms with E-state index in [1.54, 1.807) is 11.8 Å². The summed E-state index contributed by atoms with van der Waals surface area (Å²) >= 11 is 3.70. The van der Waals surface area contributed by atoms with Gasteiger partial charge in [0.25, 0.3) is 0 Å². The summed E-state index contributed by atoms with van der Waals surface area (Å²) in [5.41, 5.74) is 0.184. The normalized spacial score (nSPS) is 24.7. The molecule has 7 heteroatoms. The van der Waals surface area contributed by atoms with E-state index in [0.717, 1.165) is 12.8 Å². The van der Waals surface area contributed by atoms with Crippen molar-refractivity contribution in [2.75, 3.05) is 38.5 Å². The Morgan fingerprint density at radius 2 is 1.81 bits per heavy atom. The maximum atomic E-state index is 12.8. The lowest BCUT2D eigenvalue weighted by molar-refractivity contribution is -0.131. The number of piperazine rings is 1. The van der Waals surface area contributed by atoms with Gasteiger partial charge in [0.05, 0.1) is 5.25 Å². The fourth-order valence-corrected chi connectivity index (χ4v) is 6.23. The van der Waals surface area contributed by atoms with Gasteiger partial charge in [-0.2, -0.15) is 0 Å². The monoisotopic (exact) mass is 397 g/mol. The average Bonchev–Trinajstić information content (AvgIpc) is 3.19. The summed E-state index contributed by atoms with van der Waals surface area (Å²) in [7, 11) is 0. The molecule has 0 bridgehead atoms. The van der Waals surface area contributed by atoms with E-state index in [2.05, 4.69) is 33.0 Å². The Morgan fingerprint density at radius 1 is 1.15 bits per heavy atom. The Kier molecular flexibility index (Phi) is 6.17. The Balaban J connectivity index is 1.41. The van der Waals surface area contributed by atoms with Crippen LogP contribution in [0.25, 0.3) is 0 Å². The van der Waals surface area contributed by atoms with E-state index in [4.69, 9.17) is 0 Å². The molecule has 3 aliphatic rings. The molecule has 3 aliphatic heterocycles. The summed E-state index contributed by atoms with van der Waals surface area (Å²) in [6.45, 7) is 12.0. The summed E-state index contributed by atoms with van der Waals surface area (Å²) in [5, 5.41) is 3.12. The number of carbonyl (C=O) groups is 2. The number of amides is 3. The number of thioether (sulfide) groups is 2. The standard InChI is InChI=1S/C19H31N3O2S2/c1-13(19(2,3)4)12-20-18(24)22-8-6-21(7-9-22)17(23)16-11-15-14(26-16)5-10-25-15/h13,16H,5-12H2,1-4H3,(H,20,24)/t13-,16?/m0/s1. The van der Waals surface area contributed by atoms with Crippen molar-refractivity contribution in [3.05, 3.63) is 9.81 Å². The van der Waals surface area contributed by atoms with Crippen LogP contribution in [0.2, 0.25) is 0 Å². The van der Waals surface area contributed by atoms with Gasteiger partial charge in [-0.3, -0.25) is 4.79 Å². The summed E-state index contributed by atoms with van der Waals surface area (Å²) in [5.74, 6) is 1.85. The summed E-state index contributed by atoms with van der Waals surface area (Å²) in [4.78, 5) is 31.9. The highest BCUT2D eigenvalue weighted by atomic mass is 32.2. The second kappa shape index (κ2) is 8.05. The molecule has 0 aliphatic carbocycles. The van der Waals surface area contributed by atoms with Crippen molar-refractivity contribution in [2.45, 2.75) is 45.8 Å². The second-order valence-electron chi connectivity index (χ2n) is 8.52. The molecule has 1 unspecified atom stereocenters. The van der Waals surface area contributed by atoms with Gasteiger partial charge in [-0.25, -0.2) is 4.79 Å². The molecule has 5 nitrogen and oxygen atoms in total. The van der Waals surface area contributed by atoms with Crippen LogP contribution in [-0.2, 0) is 4.79 Å². The first-order chi connectivity index (χ1) is 12.3. The largest absolute Gasteiger partial charge is 0.338 e. The molecule has 0 radical (unpaired) electrons. The highest BCUT2D eigenvalue weighted by Crippen LogP contribution is 2.49. The zero-order valence-electron chi connectivity index (χ0n) is 16.3. The topological polar surface area (TPSA) is 52.7 Å². The molecule has 3 amide bonds. The highest BCUT2D eigenvalue weighted by molar-refractivity contribution is 8.09. The molecule has 146 valence electrons. The molecule has 0 aromatic rings. The van der Waals surface area contributed by atoms with E-state index in [-0.39, 0.29) is 22.6 Å². The first-order valence-corrected chi connectivity index (χ1v) is 11.5. The van der Waals surface area contributed by atoms with Gasteiger partial charge in [0.1, 0.15) is 0 Å². The van der Waals surface area contributed by atoms with Crippen LogP contribution in [0.3, 0.4) is 0 Å². The van der Waals surface area contributed by atoms with Crippen molar-refractivity contribution < 1.29 is 9.59 Å². The molecule has 1 fully saturated rings. The SMILES string of the molecule is C[C@@H](CNC(=O)N1CCN(C(=O)C2CC3=C(CCS3)S2)CC1)C(C)(C)C. The lowest BCUT2D eigenvalue weighted by Crippen LogP contribution is -2.55. The van der Waals surface area contributed by atoms with E-state index in [9.17, 15) is 9.59 Å². The number of allylic oxidation sites excluding steroid dienone is 2. The van der Waals surface area contributed by atoms with E-state index < -0.39 is 0 Å². The zero-order chi connectivity index (χ0) is 18.9. The maximum absolute atomic E-state index is 12.8. The fourth-order valence-electron chi connectivity index (χ4n) is 3.30. The molecule has 3 heterocycles. The van der Waals surface area contributed by atoms with Gasteiger partial charge in [-0.1, -0.05) is 27.7 Å². The van der Waals surface area contributed by atoms with Crippen LogP contribution >= 0.6 is 23.5 Å². The molecule has 0 aromatic carbocycles. The smallest absolute Gasteiger partial charge is 0.317 e. The van der Waals surface area contributed by atoms with Crippen LogP contribution in [-0.4, -0.2) is 65.5 Å². The summed E-state index contributed by atoms with van der Waals surface area (Å²) in [6, 6.07) is 0.000448. The Morgan fingerprint density at radius 3 is 2.42 bits per heavy atom. The number of nitrogens with zero attached hydrogens (tertiary/aromatic N) is 2. The summed E-state index contributed by atoms with van der Waals surface area (Å²) in [6.07, 6.45) is 2.05. The molecule has 26 heavy (non-hydrogen) atoms. The predicted molar refractivity (Wildman–Crippen MR) is 110 cm³/mol. The van der Waals surface area contributed by atoms with Crippen molar-refractivity contribution >= 4 is 35.5 Å². The molecule has 0 saturated carbocycles. The van der Waals surface area contributed by atoms with Crippen LogP contribution < -0.4 is 5.32 Å². The molecule has 0 spiro atoms. The van der Waals surface area contributed by atoms with E-state index in [1.807, 2.05) is 21.6 Å². The van der Waals surface area contributed by atoms with Crippen LogP contribution in [0.1, 0.15) is 40.5 Å². The van der Waals surface area contributed by atoms with Crippen molar-refractivity contribution in [1.82, 2.24) is 15.1 Å². The van der Waals surface area contributed by atoms with Gasteiger partial charge in [0, 0.05) is 44.9 Å². The first-order valence-electron chi connectivity index (χ1n) is 9.58. The zero-order valence-corrected chi connectivity index (χ0v) is 18.0. The van der Waals surface area contributed by atoms with Crippen molar-refractivity contribution in [2.24, 2.45) is 11.3 Å². The molecule has 2 atom stereocenters. The van der Waals surface area contributed by atoms with E-state index in [1.165, 1.54) is 15.6 Å². The number of hydrogen-bond acceptors (Lipinski definition) is 4. The van der Waals surface area contributed by atoms with Gasteiger partial charge < -0.3 is 15.1 Å². The fraction of sp³-hybridized carbons (Fsp3) is 0.789. The molecule has 3 rings (SSSR count). The van der Waals surface area contributed by atoms with Crippen LogP contribution in [0.15, 0.2) is 9.81 Å². The van der Waals surface area contributed by atoms with Crippen LogP contribution in [0.4, 0.5) is 4.79 Å². The van der Waals surface area contributed by atoms with Gasteiger partial charge in [-0.15, -0.1) is 23.5 Å². The van der Waals surface area contributed by atoms with E-state index in [0.29, 0.717) is 38.6 Å². The second-order valence-corrected chi connectivity index (χ2v) is 11.0. The minimum absolute atomic E-state index is 0.000448. The number of hydrogen-bond donors (Lipinski definition) is 1. The van der Waals surface area contributed by atoms with E-state index >= 15 is 0 Å². The molecular weight excluding hydrogens is 366 g/mol. The van der Waals surface area contributed by atoms with Crippen molar-refractivity contribution in [3.8, 4) is 0 Å². The summed E-state index contributed by atoms with van der Waals surface area (Å²) < 4.78 is 0. The lowest BCUT2D eigenvalue weighted by atomic mass is 9.82. The third kappa shape index (κ3) is 4.53. The lowest BCUT2D eigenvalue weighted by Gasteiger charge is -2.36. The third-order valence-corrected chi connectivity index (χ3v) is 8.45. The van der Waals surface area contributed by atoms with Crippen LogP contribution in [0, 0.1) is 11.3 Å². The van der Waals surface area contributed by atoms with Gasteiger partial charge in [0.15, 0.2) is 0 Å². The molecule has 1 saturated heterocycles. The maximum Gasteiger partial charge on any atom is 0.317 e. The minimum Gasteiger partial charge on any atom is -0.338 e. The molecule has 1 N–H and O–H groups in total. The van der Waals surface area contributed by atoms with Gasteiger partial charge in [0.2, 0.25) is 5.91 Å². The molecular formula is C19H31N3O2S2. The van der Waals surface area contributed by atoms with Gasteiger partial charge >= 0.3 is 6.03 Å². The Labute approximate surface area is 165 Å². The first kappa shape index (κ1) is 19.9. The van der Waals surface area contributed by atoms with Crippen molar-refractivity contribution in [3.63, 3.8) is 0 Å². The third-order valence-electron chi connectivity index (χ3n) is 5.76. The quantitative estimate of drug-likeness (QED) is 0.793. The Hall–Kier alpha value is -0.820. The Bertz CT molecular complexity index is 576. The number of urea groups is 1. The average molecular weight is 398 g/mol. The number of rotatable bonds is 3.